The Hall–Kier alpha value is 1.84. The largest absolute Gasteiger partial charge is 0.412 e. The molecule has 0 rings (SSSR count). The van der Waals surface area contributed by atoms with Crippen molar-refractivity contribution < 1.29 is 11.0 Å². The van der Waals surface area contributed by atoms with Crippen molar-refractivity contribution in [2.75, 3.05) is 13.1 Å². The Morgan fingerprint density at radius 3 is 0.875 bits per heavy atom. The van der Waals surface area contributed by atoms with Gasteiger partial charge in [0, 0.05) is 72.2 Å². The van der Waals surface area contributed by atoms with Crippen molar-refractivity contribution in [1.29, 1.82) is 0 Å². The molecular formula is C2H12N2Na2O2. The maximum atomic E-state index is 4.90. The molecule has 0 saturated heterocycles. The Morgan fingerprint density at radius 1 is 0.750 bits per heavy atom. The van der Waals surface area contributed by atoms with Gasteiger partial charge in [0.25, 0.3) is 0 Å². The zero-order valence-electron chi connectivity index (χ0n) is 5.57. The van der Waals surface area contributed by atoms with E-state index >= 15 is 0 Å². The summed E-state index contributed by atoms with van der Waals surface area (Å²) >= 11 is 0. The molecule has 0 aliphatic carbocycles. The van der Waals surface area contributed by atoms with E-state index in [1.54, 1.807) is 0 Å². The SMILES string of the molecule is NCCN.O.O.[Na].[Na]. The molecule has 0 amide bonds. The Labute approximate surface area is 93.6 Å². The molecule has 8 heavy (non-hydrogen) atoms. The van der Waals surface area contributed by atoms with Gasteiger partial charge < -0.3 is 22.4 Å². The molecule has 0 aliphatic rings. The van der Waals surface area contributed by atoms with Crippen LogP contribution in [0.3, 0.4) is 0 Å². The molecule has 6 heteroatoms. The predicted octanol–water partition coefficient (Wildman–Crippen LogP) is -3.51. The van der Waals surface area contributed by atoms with Crippen LogP contribution < -0.4 is 11.5 Å². The molecule has 0 aromatic carbocycles. The minimum atomic E-state index is 0. The Kier molecular flexibility index (Phi) is 151. The van der Waals surface area contributed by atoms with Crippen LogP contribution in [0.4, 0.5) is 0 Å². The zero-order chi connectivity index (χ0) is 3.41. The monoisotopic (exact) mass is 142 g/mol. The molecule has 8 N–H and O–H groups in total. The Balaban J connectivity index is -0.00000000750. The van der Waals surface area contributed by atoms with Gasteiger partial charge in [0.2, 0.25) is 0 Å². The fourth-order valence-corrected chi connectivity index (χ4v) is 0. The fourth-order valence-electron chi connectivity index (χ4n) is 0. The minimum absolute atomic E-state index is 0. The molecule has 0 bridgehead atoms. The van der Waals surface area contributed by atoms with Crippen LogP contribution in [0.5, 0.6) is 0 Å². The molecule has 4 nitrogen and oxygen atoms in total. The van der Waals surface area contributed by atoms with Crippen LogP contribution in [0.15, 0.2) is 0 Å². The van der Waals surface area contributed by atoms with Crippen LogP contribution >= 0.6 is 0 Å². The summed E-state index contributed by atoms with van der Waals surface area (Å²) in [5.41, 5.74) is 9.81. The van der Waals surface area contributed by atoms with Crippen molar-refractivity contribution in [3.8, 4) is 0 Å². The van der Waals surface area contributed by atoms with E-state index in [1.165, 1.54) is 0 Å². The smallest absolute Gasteiger partial charge is 0.00461 e. The molecule has 2 radical (unpaired) electrons. The van der Waals surface area contributed by atoms with Gasteiger partial charge in [-0.15, -0.1) is 0 Å². The van der Waals surface area contributed by atoms with Gasteiger partial charge in [0.05, 0.1) is 0 Å². The zero-order valence-corrected chi connectivity index (χ0v) is 9.57. The van der Waals surface area contributed by atoms with E-state index in [0.717, 1.165) is 0 Å². The van der Waals surface area contributed by atoms with Gasteiger partial charge in [-0.25, -0.2) is 0 Å². The van der Waals surface area contributed by atoms with E-state index in [1.807, 2.05) is 0 Å². The molecule has 0 aromatic rings. The van der Waals surface area contributed by atoms with E-state index in [2.05, 4.69) is 0 Å². The normalized spacial score (nSPS) is 3.75. The average Bonchev–Trinajstić information content (AvgIpc) is 1.37. The second-order valence-corrected chi connectivity index (χ2v) is 0.577. The van der Waals surface area contributed by atoms with Crippen LogP contribution in [0.1, 0.15) is 0 Å². The average molecular weight is 142 g/mol. The van der Waals surface area contributed by atoms with Crippen LogP contribution in [0, 0.1) is 0 Å². The maximum Gasteiger partial charge on any atom is 0.00461 e. The molecule has 0 unspecified atom stereocenters. The maximum absolute atomic E-state index is 4.90. The van der Waals surface area contributed by atoms with Crippen molar-refractivity contribution >= 4 is 59.1 Å². The van der Waals surface area contributed by atoms with Crippen LogP contribution in [-0.2, 0) is 0 Å². The van der Waals surface area contributed by atoms with E-state index in [-0.39, 0.29) is 70.1 Å². The molecule has 0 spiro atoms. The van der Waals surface area contributed by atoms with Crippen molar-refractivity contribution in [2.45, 2.75) is 0 Å². The van der Waals surface area contributed by atoms with Crippen molar-refractivity contribution in [2.24, 2.45) is 11.5 Å². The number of nitrogens with two attached hydrogens (primary N) is 2. The number of hydrogen-bond acceptors (Lipinski definition) is 2. The van der Waals surface area contributed by atoms with Gasteiger partial charge in [-0.1, -0.05) is 0 Å². The standard InChI is InChI=1S/C2H8N2.2Na.2H2O/c3-1-2-4;;;;/h1-4H2;;;2*1H2. The summed E-state index contributed by atoms with van der Waals surface area (Å²) in [5, 5.41) is 0. The Bertz CT molecular complexity index is 18.0. The first-order chi connectivity index (χ1) is 1.91. The van der Waals surface area contributed by atoms with Gasteiger partial charge in [-0.2, -0.15) is 0 Å². The third-order valence-electron chi connectivity index (χ3n) is 0.167. The third kappa shape index (κ3) is 45.5. The molecule has 0 aromatic heterocycles. The first kappa shape index (κ1) is 32.8. The van der Waals surface area contributed by atoms with Crippen molar-refractivity contribution in [3.05, 3.63) is 0 Å². The van der Waals surface area contributed by atoms with E-state index in [9.17, 15) is 0 Å². The van der Waals surface area contributed by atoms with E-state index < -0.39 is 0 Å². The van der Waals surface area contributed by atoms with Gasteiger partial charge in [-0.3, -0.25) is 0 Å². The molecule has 0 fully saturated rings. The Morgan fingerprint density at radius 2 is 0.875 bits per heavy atom. The summed E-state index contributed by atoms with van der Waals surface area (Å²) < 4.78 is 0. The molecule has 0 aliphatic heterocycles. The first-order valence-corrected chi connectivity index (χ1v) is 1.32. The second kappa shape index (κ2) is 36.8. The number of hydrogen-bond donors (Lipinski definition) is 2. The van der Waals surface area contributed by atoms with Crippen molar-refractivity contribution in [3.63, 3.8) is 0 Å². The summed E-state index contributed by atoms with van der Waals surface area (Å²) in [6, 6.07) is 0. The van der Waals surface area contributed by atoms with E-state index in [4.69, 9.17) is 11.5 Å². The van der Waals surface area contributed by atoms with Gasteiger partial charge in [0.1, 0.15) is 0 Å². The van der Waals surface area contributed by atoms with Gasteiger partial charge in [0.15, 0.2) is 0 Å². The molecule has 0 saturated carbocycles. The summed E-state index contributed by atoms with van der Waals surface area (Å²) in [5.74, 6) is 0. The topological polar surface area (TPSA) is 115 Å². The van der Waals surface area contributed by atoms with Crippen molar-refractivity contribution in [1.82, 2.24) is 0 Å². The minimum Gasteiger partial charge on any atom is -0.412 e. The third-order valence-corrected chi connectivity index (χ3v) is 0.167. The first-order valence-electron chi connectivity index (χ1n) is 1.32. The molecule has 44 valence electrons. The summed E-state index contributed by atoms with van der Waals surface area (Å²) in [4.78, 5) is 0. The number of rotatable bonds is 1. The predicted molar refractivity (Wildman–Crippen MR) is 36.8 cm³/mol. The van der Waals surface area contributed by atoms with Crippen LogP contribution in [0.2, 0.25) is 0 Å². The quantitative estimate of drug-likeness (QED) is 0.369. The molecule has 0 atom stereocenters. The summed E-state index contributed by atoms with van der Waals surface area (Å²) in [6.07, 6.45) is 0. The van der Waals surface area contributed by atoms with Crippen LogP contribution in [0.25, 0.3) is 0 Å². The summed E-state index contributed by atoms with van der Waals surface area (Å²) in [7, 11) is 0. The second-order valence-electron chi connectivity index (χ2n) is 0.577. The van der Waals surface area contributed by atoms with E-state index in [0.29, 0.717) is 13.1 Å². The van der Waals surface area contributed by atoms with Gasteiger partial charge >= 0.3 is 0 Å². The summed E-state index contributed by atoms with van der Waals surface area (Å²) in [6.45, 7) is 1.19. The molecule has 0 heterocycles. The fraction of sp³-hybridized carbons (Fsp3) is 1.00. The molecular weight excluding hydrogens is 130 g/mol. The van der Waals surface area contributed by atoms with Gasteiger partial charge in [-0.05, 0) is 0 Å². The van der Waals surface area contributed by atoms with Crippen LogP contribution in [-0.4, -0.2) is 83.2 Å².